The molecule has 0 aliphatic rings. The molecule has 0 unspecified atom stereocenters. The SMILES string of the molecule is c1ccc(Nc2ccc(-c3ccc(-c4ccc5ccccc5c4-c4ccc5c(c4)oc4ccccc45)cc3)cc2)cc1. The molecule has 0 atom stereocenters. The lowest BCUT2D eigenvalue weighted by atomic mass is 9.89. The van der Waals surface area contributed by atoms with Crippen LogP contribution < -0.4 is 5.32 Å². The molecule has 0 amide bonds. The van der Waals surface area contributed by atoms with Crippen molar-refractivity contribution in [2.75, 3.05) is 5.32 Å². The summed E-state index contributed by atoms with van der Waals surface area (Å²) < 4.78 is 6.27. The fourth-order valence-electron chi connectivity index (χ4n) is 5.98. The van der Waals surface area contributed by atoms with Gasteiger partial charge in [-0.15, -0.1) is 0 Å². The highest BCUT2D eigenvalue weighted by Gasteiger charge is 2.15. The Kier molecular flexibility index (Phi) is 5.82. The maximum atomic E-state index is 6.27. The Morgan fingerprint density at radius 2 is 0.976 bits per heavy atom. The fourth-order valence-corrected chi connectivity index (χ4v) is 5.98. The smallest absolute Gasteiger partial charge is 0.136 e. The molecule has 0 saturated heterocycles. The van der Waals surface area contributed by atoms with Crippen molar-refractivity contribution in [2.24, 2.45) is 0 Å². The van der Waals surface area contributed by atoms with E-state index in [0.717, 1.165) is 38.9 Å². The number of benzene rings is 7. The summed E-state index contributed by atoms with van der Waals surface area (Å²) in [6.07, 6.45) is 0. The lowest BCUT2D eigenvalue weighted by Crippen LogP contribution is -1.90. The van der Waals surface area contributed by atoms with Crippen LogP contribution in [0.15, 0.2) is 162 Å². The van der Waals surface area contributed by atoms with Crippen molar-refractivity contribution < 1.29 is 4.42 Å². The molecule has 0 aliphatic heterocycles. The minimum atomic E-state index is 0.910. The van der Waals surface area contributed by atoms with Crippen LogP contribution in [0, 0.1) is 0 Å². The average molecular weight is 538 g/mol. The van der Waals surface area contributed by atoms with Gasteiger partial charge in [-0.2, -0.15) is 0 Å². The van der Waals surface area contributed by atoms with Gasteiger partial charge in [0, 0.05) is 22.1 Å². The highest BCUT2D eigenvalue weighted by molar-refractivity contribution is 6.09. The number of rotatable bonds is 5. The highest BCUT2D eigenvalue weighted by atomic mass is 16.3. The Balaban J connectivity index is 1.18. The summed E-state index contributed by atoms with van der Waals surface area (Å²) in [5.41, 5.74) is 11.1. The van der Waals surface area contributed by atoms with Crippen LogP contribution in [0.4, 0.5) is 11.4 Å². The number of fused-ring (bicyclic) bond motifs is 4. The first kappa shape index (κ1) is 24.2. The minimum absolute atomic E-state index is 0.910. The van der Waals surface area contributed by atoms with Crippen molar-refractivity contribution >= 4 is 44.1 Å². The molecule has 2 nitrogen and oxygen atoms in total. The second kappa shape index (κ2) is 10.1. The van der Waals surface area contributed by atoms with Crippen LogP contribution in [-0.4, -0.2) is 0 Å². The van der Waals surface area contributed by atoms with Gasteiger partial charge in [-0.05, 0) is 86.6 Å². The summed E-state index contributed by atoms with van der Waals surface area (Å²) in [6.45, 7) is 0. The molecule has 8 rings (SSSR count). The van der Waals surface area contributed by atoms with E-state index in [1.54, 1.807) is 0 Å². The number of furan rings is 1. The Labute approximate surface area is 244 Å². The summed E-state index contributed by atoms with van der Waals surface area (Å²) in [4.78, 5) is 0. The first-order chi connectivity index (χ1) is 20.8. The molecule has 1 N–H and O–H groups in total. The third-order valence-electron chi connectivity index (χ3n) is 8.07. The zero-order valence-electron chi connectivity index (χ0n) is 22.9. The third-order valence-corrected chi connectivity index (χ3v) is 8.07. The van der Waals surface area contributed by atoms with Crippen LogP contribution in [0.1, 0.15) is 0 Å². The first-order valence-electron chi connectivity index (χ1n) is 14.3. The van der Waals surface area contributed by atoms with E-state index in [1.165, 1.54) is 38.6 Å². The third kappa shape index (κ3) is 4.31. The Morgan fingerprint density at radius 1 is 0.381 bits per heavy atom. The standard InChI is InChI=1S/C40H27NO/c1-2-9-32(10-3-1)41-33-22-18-28(19-23-33)27-14-16-30(17-15-27)35-24-20-29-8-4-5-11-34(29)40(35)31-21-25-37-36-12-6-7-13-38(36)42-39(37)26-31/h1-26,41H. The molecule has 8 aromatic rings. The van der Waals surface area contributed by atoms with Crippen LogP contribution in [0.2, 0.25) is 0 Å². The van der Waals surface area contributed by atoms with Gasteiger partial charge in [0.25, 0.3) is 0 Å². The molecule has 0 bridgehead atoms. The van der Waals surface area contributed by atoms with Gasteiger partial charge in [0.05, 0.1) is 0 Å². The van der Waals surface area contributed by atoms with E-state index < -0.39 is 0 Å². The molecule has 198 valence electrons. The van der Waals surface area contributed by atoms with Crippen molar-refractivity contribution in [3.05, 3.63) is 158 Å². The molecule has 2 heteroatoms. The van der Waals surface area contributed by atoms with Crippen molar-refractivity contribution in [1.29, 1.82) is 0 Å². The average Bonchev–Trinajstić information content (AvgIpc) is 3.43. The molecular weight excluding hydrogens is 510 g/mol. The van der Waals surface area contributed by atoms with Crippen molar-refractivity contribution in [1.82, 2.24) is 0 Å². The second-order valence-electron chi connectivity index (χ2n) is 10.7. The van der Waals surface area contributed by atoms with E-state index in [1.807, 2.05) is 30.3 Å². The topological polar surface area (TPSA) is 25.2 Å². The molecule has 1 heterocycles. The number of para-hydroxylation sites is 2. The van der Waals surface area contributed by atoms with Gasteiger partial charge < -0.3 is 9.73 Å². The minimum Gasteiger partial charge on any atom is -0.456 e. The number of hydrogen-bond donors (Lipinski definition) is 1. The van der Waals surface area contributed by atoms with Gasteiger partial charge in [0.1, 0.15) is 11.2 Å². The monoisotopic (exact) mass is 537 g/mol. The molecule has 0 aliphatic carbocycles. The predicted molar refractivity (Wildman–Crippen MR) is 177 cm³/mol. The quantitative estimate of drug-likeness (QED) is 0.236. The Bertz CT molecular complexity index is 2190. The van der Waals surface area contributed by atoms with E-state index in [-0.39, 0.29) is 0 Å². The van der Waals surface area contributed by atoms with Crippen LogP contribution in [0.25, 0.3) is 66.1 Å². The second-order valence-corrected chi connectivity index (χ2v) is 10.7. The van der Waals surface area contributed by atoms with E-state index in [9.17, 15) is 0 Å². The normalized spacial score (nSPS) is 11.3. The van der Waals surface area contributed by atoms with Crippen LogP contribution in [-0.2, 0) is 0 Å². The van der Waals surface area contributed by atoms with Crippen LogP contribution in [0.3, 0.4) is 0 Å². The molecule has 7 aromatic carbocycles. The highest BCUT2D eigenvalue weighted by Crippen LogP contribution is 2.41. The zero-order chi connectivity index (χ0) is 27.9. The Morgan fingerprint density at radius 3 is 1.79 bits per heavy atom. The molecular formula is C40H27NO. The number of anilines is 2. The van der Waals surface area contributed by atoms with E-state index in [4.69, 9.17) is 4.42 Å². The van der Waals surface area contributed by atoms with Gasteiger partial charge in [0.2, 0.25) is 0 Å². The van der Waals surface area contributed by atoms with Gasteiger partial charge >= 0.3 is 0 Å². The number of hydrogen-bond acceptors (Lipinski definition) is 2. The van der Waals surface area contributed by atoms with Gasteiger partial charge in [-0.25, -0.2) is 0 Å². The largest absolute Gasteiger partial charge is 0.456 e. The van der Waals surface area contributed by atoms with Crippen LogP contribution >= 0.6 is 0 Å². The first-order valence-corrected chi connectivity index (χ1v) is 14.3. The molecule has 0 spiro atoms. The van der Waals surface area contributed by atoms with E-state index in [0.29, 0.717) is 0 Å². The zero-order valence-corrected chi connectivity index (χ0v) is 22.9. The molecule has 1 aromatic heterocycles. The molecule has 0 saturated carbocycles. The molecule has 0 fully saturated rings. The summed E-state index contributed by atoms with van der Waals surface area (Å²) in [6, 6.07) is 55.7. The summed E-state index contributed by atoms with van der Waals surface area (Å²) >= 11 is 0. The molecule has 42 heavy (non-hydrogen) atoms. The fraction of sp³-hybridized carbons (Fsp3) is 0. The van der Waals surface area contributed by atoms with Crippen LogP contribution in [0.5, 0.6) is 0 Å². The van der Waals surface area contributed by atoms with Gasteiger partial charge in [0.15, 0.2) is 0 Å². The maximum absolute atomic E-state index is 6.27. The van der Waals surface area contributed by atoms with Gasteiger partial charge in [-0.3, -0.25) is 0 Å². The molecule has 0 radical (unpaired) electrons. The van der Waals surface area contributed by atoms with E-state index >= 15 is 0 Å². The summed E-state index contributed by atoms with van der Waals surface area (Å²) in [5, 5.41) is 8.21. The van der Waals surface area contributed by atoms with Crippen molar-refractivity contribution in [2.45, 2.75) is 0 Å². The lowest BCUT2D eigenvalue weighted by Gasteiger charge is -2.15. The van der Waals surface area contributed by atoms with Crippen molar-refractivity contribution in [3.63, 3.8) is 0 Å². The summed E-state index contributed by atoms with van der Waals surface area (Å²) in [7, 11) is 0. The Hall–Kier alpha value is -5.60. The van der Waals surface area contributed by atoms with Gasteiger partial charge in [-0.1, -0.05) is 115 Å². The summed E-state index contributed by atoms with van der Waals surface area (Å²) in [5.74, 6) is 0. The van der Waals surface area contributed by atoms with E-state index in [2.05, 4.69) is 133 Å². The number of nitrogens with one attached hydrogen (secondary N) is 1. The lowest BCUT2D eigenvalue weighted by molar-refractivity contribution is 0.669. The predicted octanol–water partition coefficient (Wildman–Crippen LogP) is 11.5. The maximum Gasteiger partial charge on any atom is 0.136 e. The van der Waals surface area contributed by atoms with Crippen molar-refractivity contribution in [3.8, 4) is 33.4 Å².